The standard InChI is InChI=1S/C7H12O2.CHClO2/c8-7(9)6-4-2-1-3-5-6;2-1(3)4/h6H,1-5H2,(H,8,9);(H,3,4). The van der Waals surface area contributed by atoms with Crippen LogP contribution in [0.3, 0.4) is 0 Å². The third-order valence-corrected chi connectivity index (χ3v) is 1.95. The predicted octanol–water partition coefficient (Wildman–Crippen LogP) is 2.55. The lowest BCUT2D eigenvalue weighted by atomic mass is 9.90. The van der Waals surface area contributed by atoms with E-state index in [1.807, 2.05) is 0 Å². The summed E-state index contributed by atoms with van der Waals surface area (Å²) in [4.78, 5) is 19.1. The molecule has 2 N–H and O–H groups in total. The van der Waals surface area contributed by atoms with Crippen molar-refractivity contribution < 1.29 is 19.8 Å². The molecule has 0 aliphatic heterocycles. The Morgan fingerprint density at radius 1 is 1.08 bits per heavy atom. The number of carbonyl (C=O) groups is 2. The molecule has 0 unspecified atom stereocenters. The minimum Gasteiger partial charge on any atom is -0.481 e. The Bertz CT molecular complexity index is 171. The van der Waals surface area contributed by atoms with Gasteiger partial charge in [-0.1, -0.05) is 19.3 Å². The summed E-state index contributed by atoms with van der Waals surface area (Å²) in [5.74, 6) is -0.631. The van der Waals surface area contributed by atoms with Gasteiger partial charge in [0, 0.05) is 11.6 Å². The van der Waals surface area contributed by atoms with Gasteiger partial charge in [0.2, 0.25) is 0 Å². The SMILES string of the molecule is O=C(O)C1CCCCC1.O=C(O)Cl. The summed E-state index contributed by atoms with van der Waals surface area (Å²) in [5.41, 5.74) is -1.36. The summed E-state index contributed by atoms with van der Waals surface area (Å²) in [5, 5.41) is 15.7. The lowest BCUT2D eigenvalue weighted by Gasteiger charge is -2.16. The van der Waals surface area contributed by atoms with E-state index in [1.165, 1.54) is 6.42 Å². The average molecular weight is 209 g/mol. The fourth-order valence-corrected chi connectivity index (χ4v) is 1.35. The minimum absolute atomic E-state index is 0.0289. The van der Waals surface area contributed by atoms with E-state index < -0.39 is 11.4 Å². The monoisotopic (exact) mass is 208 g/mol. The molecule has 1 aliphatic rings. The van der Waals surface area contributed by atoms with E-state index in [-0.39, 0.29) is 5.92 Å². The molecule has 1 saturated carbocycles. The van der Waals surface area contributed by atoms with Crippen molar-refractivity contribution in [3.05, 3.63) is 0 Å². The minimum atomic E-state index is -1.36. The van der Waals surface area contributed by atoms with Crippen LogP contribution in [0.5, 0.6) is 0 Å². The maximum absolute atomic E-state index is 10.4. The highest BCUT2D eigenvalue weighted by atomic mass is 35.5. The van der Waals surface area contributed by atoms with E-state index >= 15 is 0 Å². The molecule has 0 aromatic carbocycles. The third-order valence-electron chi connectivity index (χ3n) is 1.95. The van der Waals surface area contributed by atoms with Gasteiger partial charge in [0.15, 0.2) is 0 Å². The first kappa shape index (κ1) is 12.2. The predicted molar refractivity (Wildman–Crippen MR) is 48.1 cm³/mol. The summed E-state index contributed by atoms with van der Waals surface area (Å²) < 4.78 is 0. The lowest BCUT2D eigenvalue weighted by Crippen LogP contribution is -2.16. The summed E-state index contributed by atoms with van der Waals surface area (Å²) in [6.45, 7) is 0. The molecule has 1 aliphatic carbocycles. The van der Waals surface area contributed by atoms with Gasteiger partial charge in [-0.3, -0.25) is 4.79 Å². The second-order valence-corrected chi connectivity index (χ2v) is 3.25. The van der Waals surface area contributed by atoms with E-state index in [9.17, 15) is 4.79 Å². The van der Waals surface area contributed by atoms with Crippen molar-refractivity contribution in [2.45, 2.75) is 32.1 Å². The number of halogens is 1. The largest absolute Gasteiger partial charge is 0.481 e. The van der Waals surface area contributed by atoms with Crippen LogP contribution in [-0.4, -0.2) is 21.6 Å². The van der Waals surface area contributed by atoms with Crippen LogP contribution in [0.1, 0.15) is 32.1 Å². The molecule has 76 valence electrons. The summed E-state index contributed by atoms with van der Waals surface area (Å²) in [7, 11) is 0. The maximum atomic E-state index is 10.4. The second-order valence-electron chi connectivity index (χ2n) is 2.93. The van der Waals surface area contributed by atoms with E-state index in [2.05, 4.69) is 11.6 Å². The zero-order valence-electron chi connectivity index (χ0n) is 7.20. The summed E-state index contributed by atoms with van der Waals surface area (Å²) in [6, 6.07) is 0. The molecule has 0 heterocycles. The van der Waals surface area contributed by atoms with Gasteiger partial charge in [-0.15, -0.1) is 0 Å². The Hall–Kier alpha value is -0.770. The van der Waals surface area contributed by atoms with E-state index in [0.717, 1.165) is 25.7 Å². The summed E-state index contributed by atoms with van der Waals surface area (Å²) in [6.07, 6.45) is 5.24. The van der Waals surface area contributed by atoms with Gasteiger partial charge >= 0.3 is 11.4 Å². The molecule has 0 atom stereocenters. The molecule has 0 radical (unpaired) electrons. The molecule has 0 aromatic heterocycles. The van der Waals surface area contributed by atoms with Crippen molar-refractivity contribution in [3.8, 4) is 0 Å². The summed E-state index contributed by atoms with van der Waals surface area (Å²) >= 11 is 4.19. The average Bonchev–Trinajstić information content (AvgIpc) is 2.05. The lowest BCUT2D eigenvalue weighted by molar-refractivity contribution is -0.142. The van der Waals surface area contributed by atoms with Gasteiger partial charge in [0.05, 0.1) is 5.92 Å². The number of hydrogen-bond acceptors (Lipinski definition) is 2. The quantitative estimate of drug-likeness (QED) is 0.650. The fourth-order valence-electron chi connectivity index (χ4n) is 1.35. The molecule has 1 rings (SSSR count). The Morgan fingerprint density at radius 3 is 1.69 bits per heavy atom. The molecule has 0 bridgehead atoms. The molecule has 0 spiro atoms. The van der Waals surface area contributed by atoms with Crippen molar-refractivity contribution >= 4 is 23.0 Å². The Morgan fingerprint density at radius 2 is 1.46 bits per heavy atom. The van der Waals surface area contributed by atoms with Gasteiger partial charge in [-0.2, -0.15) is 0 Å². The van der Waals surface area contributed by atoms with Crippen LogP contribution in [-0.2, 0) is 4.79 Å². The van der Waals surface area contributed by atoms with Crippen LogP contribution >= 0.6 is 11.6 Å². The highest BCUT2D eigenvalue weighted by Crippen LogP contribution is 2.23. The zero-order valence-corrected chi connectivity index (χ0v) is 7.96. The van der Waals surface area contributed by atoms with Crippen LogP contribution in [0.25, 0.3) is 0 Å². The molecule has 4 nitrogen and oxygen atoms in total. The van der Waals surface area contributed by atoms with Crippen LogP contribution in [0.15, 0.2) is 0 Å². The van der Waals surface area contributed by atoms with Gasteiger partial charge in [-0.05, 0) is 12.8 Å². The van der Waals surface area contributed by atoms with Gasteiger partial charge in [0.25, 0.3) is 0 Å². The Labute approximate surface area is 81.5 Å². The number of carboxylic acids is 1. The van der Waals surface area contributed by atoms with Gasteiger partial charge in [-0.25, -0.2) is 4.79 Å². The van der Waals surface area contributed by atoms with Crippen LogP contribution < -0.4 is 0 Å². The van der Waals surface area contributed by atoms with E-state index in [4.69, 9.17) is 15.0 Å². The molecule has 13 heavy (non-hydrogen) atoms. The topological polar surface area (TPSA) is 74.6 Å². The number of aliphatic carboxylic acids is 1. The highest BCUT2D eigenvalue weighted by molar-refractivity contribution is 6.60. The van der Waals surface area contributed by atoms with Crippen molar-refractivity contribution in [1.82, 2.24) is 0 Å². The van der Waals surface area contributed by atoms with Crippen LogP contribution in [0.2, 0.25) is 0 Å². The van der Waals surface area contributed by atoms with Crippen molar-refractivity contribution in [2.24, 2.45) is 5.92 Å². The molecule has 0 saturated heterocycles. The van der Waals surface area contributed by atoms with Crippen LogP contribution in [0.4, 0.5) is 4.79 Å². The van der Waals surface area contributed by atoms with Crippen molar-refractivity contribution in [1.29, 1.82) is 0 Å². The normalized spacial score (nSPS) is 17.0. The third kappa shape index (κ3) is 7.59. The highest BCUT2D eigenvalue weighted by Gasteiger charge is 2.19. The maximum Gasteiger partial charge on any atom is 0.401 e. The first-order valence-corrected chi connectivity index (χ1v) is 4.53. The zero-order chi connectivity index (χ0) is 10.3. The van der Waals surface area contributed by atoms with Gasteiger partial charge in [0.1, 0.15) is 0 Å². The van der Waals surface area contributed by atoms with E-state index in [0.29, 0.717) is 0 Å². The molecular weight excluding hydrogens is 196 g/mol. The van der Waals surface area contributed by atoms with E-state index in [1.54, 1.807) is 0 Å². The molecule has 0 aromatic rings. The van der Waals surface area contributed by atoms with Crippen molar-refractivity contribution in [3.63, 3.8) is 0 Å². The first-order chi connectivity index (χ1) is 6.04. The first-order valence-electron chi connectivity index (χ1n) is 4.15. The fraction of sp³-hybridized carbons (Fsp3) is 0.750. The number of hydrogen-bond donors (Lipinski definition) is 2. The number of carboxylic acid groups (broad SMARTS) is 2. The Balaban J connectivity index is 0.000000310. The number of rotatable bonds is 1. The second kappa shape index (κ2) is 6.71. The smallest absolute Gasteiger partial charge is 0.401 e. The van der Waals surface area contributed by atoms with Gasteiger partial charge < -0.3 is 10.2 Å². The van der Waals surface area contributed by atoms with Crippen LogP contribution in [0, 0.1) is 5.92 Å². The molecule has 1 fully saturated rings. The van der Waals surface area contributed by atoms with Crippen molar-refractivity contribution in [2.75, 3.05) is 0 Å². The molecular formula is C8H13ClO4. The Kier molecular flexibility index (Phi) is 6.32. The molecule has 0 amide bonds. The molecule has 5 heteroatoms.